The van der Waals surface area contributed by atoms with Crippen LogP contribution in [-0.4, -0.2) is 93.9 Å². The number of hydrogen-bond acceptors (Lipinski definition) is 9. The Hall–Kier alpha value is -4.53. The first-order valence-electron chi connectivity index (χ1n) is 14.8. The highest BCUT2D eigenvalue weighted by Gasteiger charge is 2.36. The van der Waals surface area contributed by atoms with Crippen LogP contribution >= 0.6 is 0 Å². The van der Waals surface area contributed by atoms with E-state index in [9.17, 15) is 23.1 Å². The standard InChI is InChI=1S/C32H38N4O9S/c1-20-17-36(21(2)19-37)31(38)25-6-5-7-26(34-32(39)33-22-8-13-27-28(16-22)44-15-14-43-27)30(25)45-29(20)18-35(3)46(40,41)24-11-9-23(42-4)10-12-24/h5-13,16,20-21,29,37H,14-15,17-19H2,1-4H3,(H2,33,34,39)/t20-,21+,29+/m1/s1. The van der Waals surface area contributed by atoms with Crippen LogP contribution in [0.4, 0.5) is 16.2 Å². The van der Waals surface area contributed by atoms with Crippen molar-refractivity contribution in [1.82, 2.24) is 9.21 Å². The molecule has 3 aromatic carbocycles. The largest absolute Gasteiger partial charge is 0.497 e. The summed E-state index contributed by atoms with van der Waals surface area (Å²) >= 11 is 0. The molecule has 3 aromatic rings. The fourth-order valence-electron chi connectivity index (χ4n) is 5.24. The van der Waals surface area contributed by atoms with Gasteiger partial charge in [0.05, 0.1) is 42.4 Å². The lowest BCUT2D eigenvalue weighted by atomic mass is 9.99. The Kier molecular flexibility index (Phi) is 9.89. The molecule has 0 spiro atoms. The van der Waals surface area contributed by atoms with Crippen molar-refractivity contribution >= 4 is 33.3 Å². The molecule has 14 heteroatoms. The number of likely N-dealkylation sites (N-methyl/N-ethyl adjacent to an activating group) is 1. The number of benzene rings is 3. The summed E-state index contributed by atoms with van der Waals surface area (Å²) in [6, 6.07) is 14.7. The maximum absolute atomic E-state index is 13.8. The number of para-hydroxylation sites is 1. The predicted molar refractivity (Wildman–Crippen MR) is 170 cm³/mol. The molecule has 2 aliphatic rings. The Balaban J connectivity index is 1.44. The Morgan fingerprint density at radius 3 is 2.50 bits per heavy atom. The van der Waals surface area contributed by atoms with Gasteiger partial charge in [0.2, 0.25) is 10.0 Å². The number of fused-ring (bicyclic) bond motifs is 2. The lowest BCUT2D eigenvalue weighted by Crippen LogP contribution is -2.50. The SMILES string of the molecule is COc1ccc(S(=O)(=O)N(C)C[C@@H]2Oc3c(NC(=O)Nc4ccc5c(c4)OCCO5)cccc3C(=O)N([C@@H](C)CO)C[C@H]2C)cc1. The first-order valence-corrected chi connectivity index (χ1v) is 16.3. The minimum Gasteiger partial charge on any atom is -0.497 e. The van der Waals surface area contributed by atoms with Crippen LogP contribution in [0.2, 0.25) is 0 Å². The number of ether oxygens (including phenoxy) is 4. The first kappa shape index (κ1) is 32.9. The molecule has 5 rings (SSSR count). The molecule has 246 valence electrons. The first-order chi connectivity index (χ1) is 22.0. The molecule has 3 atom stereocenters. The molecule has 2 aliphatic heterocycles. The number of rotatable bonds is 9. The van der Waals surface area contributed by atoms with Gasteiger partial charge in [-0.2, -0.15) is 4.31 Å². The van der Waals surface area contributed by atoms with E-state index in [1.54, 1.807) is 55.5 Å². The summed E-state index contributed by atoms with van der Waals surface area (Å²) in [6.07, 6.45) is -0.748. The van der Waals surface area contributed by atoms with E-state index in [4.69, 9.17) is 18.9 Å². The van der Waals surface area contributed by atoms with Gasteiger partial charge in [-0.15, -0.1) is 0 Å². The zero-order chi connectivity index (χ0) is 33.0. The lowest BCUT2D eigenvalue weighted by molar-refractivity contribution is 0.0389. The van der Waals surface area contributed by atoms with E-state index in [0.29, 0.717) is 36.1 Å². The molecule has 0 aromatic heterocycles. The third-order valence-corrected chi connectivity index (χ3v) is 9.78. The number of carbonyl (C=O) groups excluding carboxylic acids is 2. The molecule has 46 heavy (non-hydrogen) atoms. The maximum atomic E-state index is 13.8. The Bertz CT molecular complexity index is 1680. The van der Waals surface area contributed by atoms with Gasteiger partial charge in [0.25, 0.3) is 5.91 Å². The summed E-state index contributed by atoms with van der Waals surface area (Å²) in [5.74, 6) is 0.930. The van der Waals surface area contributed by atoms with E-state index in [1.807, 2.05) is 6.92 Å². The molecule has 0 saturated carbocycles. The quantitative estimate of drug-likeness (QED) is 0.314. The Morgan fingerprint density at radius 1 is 1.09 bits per heavy atom. The highest BCUT2D eigenvalue weighted by molar-refractivity contribution is 7.89. The van der Waals surface area contributed by atoms with Gasteiger partial charge in [-0.05, 0) is 55.5 Å². The van der Waals surface area contributed by atoms with Crippen molar-refractivity contribution in [3.05, 3.63) is 66.2 Å². The third kappa shape index (κ3) is 6.98. The van der Waals surface area contributed by atoms with Crippen LogP contribution in [0.5, 0.6) is 23.0 Å². The van der Waals surface area contributed by atoms with Crippen molar-refractivity contribution in [2.75, 3.05) is 57.7 Å². The number of anilines is 2. The van der Waals surface area contributed by atoms with Crippen molar-refractivity contribution in [3.63, 3.8) is 0 Å². The monoisotopic (exact) mass is 654 g/mol. The van der Waals surface area contributed by atoms with Crippen molar-refractivity contribution < 1.29 is 42.1 Å². The average molecular weight is 655 g/mol. The summed E-state index contributed by atoms with van der Waals surface area (Å²) in [7, 11) is -0.967. The highest BCUT2D eigenvalue weighted by Crippen LogP contribution is 2.36. The van der Waals surface area contributed by atoms with Crippen LogP contribution in [0.3, 0.4) is 0 Å². The topological polar surface area (TPSA) is 156 Å². The fourth-order valence-corrected chi connectivity index (χ4v) is 6.43. The number of aliphatic hydroxyl groups is 1. The average Bonchev–Trinajstić information content (AvgIpc) is 3.06. The minimum absolute atomic E-state index is 0.0672. The van der Waals surface area contributed by atoms with Crippen molar-refractivity contribution in [1.29, 1.82) is 0 Å². The second-order valence-corrected chi connectivity index (χ2v) is 13.2. The van der Waals surface area contributed by atoms with Crippen LogP contribution in [0.25, 0.3) is 0 Å². The molecule has 3 N–H and O–H groups in total. The van der Waals surface area contributed by atoms with Gasteiger partial charge in [0, 0.05) is 31.3 Å². The number of hydrogen-bond donors (Lipinski definition) is 3. The molecule has 13 nitrogen and oxygen atoms in total. The zero-order valence-electron chi connectivity index (χ0n) is 26.1. The summed E-state index contributed by atoms with van der Waals surface area (Å²) in [5.41, 5.74) is 0.824. The van der Waals surface area contributed by atoms with E-state index in [1.165, 1.54) is 35.5 Å². The number of aliphatic hydroxyl groups excluding tert-OH is 1. The number of amides is 3. The molecule has 0 fully saturated rings. The van der Waals surface area contributed by atoms with Crippen LogP contribution in [0.15, 0.2) is 65.6 Å². The number of carbonyl (C=O) groups is 2. The van der Waals surface area contributed by atoms with Crippen LogP contribution in [0.1, 0.15) is 24.2 Å². The minimum atomic E-state index is -3.92. The van der Waals surface area contributed by atoms with E-state index < -0.39 is 34.1 Å². The smallest absolute Gasteiger partial charge is 0.323 e. The van der Waals surface area contributed by atoms with Gasteiger partial charge >= 0.3 is 6.03 Å². The van der Waals surface area contributed by atoms with Gasteiger partial charge in [-0.3, -0.25) is 4.79 Å². The maximum Gasteiger partial charge on any atom is 0.323 e. The molecular formula is C32H38N4O9S. The summed E-state index contributed by atoms with van der Waals surface area (Å²) in [4.78, 5) is 28.6. The van der Waals surface area contributed by atoms with E-state index >= 15 is 0 Å². The van der Waals surface area contributed by atoms with Crippen molar-refractivity contribution in [2.24, 2.45) is 5.92 Å². The van der Waals surface area contributed by atoms with Gasteiger partial charge in [-0.1, -0.05) is 13.0 Å². The van der Waals surface area contributed by atoms with Gasteiger partial charge in [0.1, 0.15) is 25.1 Å². The number of methoxy groups -OCH3 is 1. The summed E-state index contributed by atoms with van der Waals surface area (Å²) < 4.78 is 51.0. The molecular weight excluding hydrogens is 616 g/mol. The fraction of sp³-hybridized carbons (Fsp3) is 0.375. The van der Waals surface area contributed by atoms with Crippen LogP contribution in [0, 0.1) is 5.92 Å². The number of nitrogens with one attached hydrogen (secondary N) is 2. The van der Waals surface area contributed by atoms with E-state index in [-0.39, 0.29) is 47.5 Å². The molecule has 0 radical (unpaired) electrons. The number of nitrogens with zero attached hydrogens (tertiary/aromatic N) is 2. The second-order valence-electron chi connectivity index (χ2n) is 11.2. The molecule has 3 amide bonds. The summed E-state index contributed by atoms with van der Waals surface area (Å²) in [6.45, 7) is 4.26. The predicted octanol–water partition coefficient (Wildman–Crippen LogP) is 3.65. The molecule has 0 aliphatic carbocycles. The van der Waals surface area contributed by atoms with Crippen LogP contribution < -0.4 is 29.6 Å². The highest BCUT2D eigenvalue weighted by atomic mass is 32.2. The molecule has 0 unspecified atom stereocenters. The second kappa shape index (κ2) is 13.8. The third-order valence-electron chi connectivity index (χ3n) is 7.94. The summed E-state index contributed by atoms with van der Waals surface area (Å²) in [5, 5.41) is 15.5. The van der Waals surface area contributed by atoms with Crippen molar-refractivity contribution in [3.8, 4) is 23.0 Å². The van der Waals surface area contributed by atoms with Crippen molar-refractivity contribution in [2.45, 2.75) is 30.9 Å². The van der Waals surface area contributed by atoms with Crippen LogP contribution in [-0.2, 0) is 10.0 Å². The lowest BCUT2D eigenvalue weighted by Gasteiger charge is -2.38. The Labute approximate surface area is 268 Å². The molecule has 0 bridgehead atoms. The van der Waals surface area contributed by atoms with E-state index in [0.717, 1.165) is 0 Å². The zero-order valence-corrected chi connectivity index (χ0v) is 26.9. The van der Waals surface area contributed by atoms with Gasteiger partial charge < -0.3 is 39.6 Å². The van der Waals surface area contributed by atoms with Gasteiger partial charge in [0.15, 0.2) is 17.2 Å². The molecule has 0 saturated heterocycles. The van der Waals surface area contributed by atoms with Gasteiger partial charge in [-0.25, -0.2) is 13.2 Å². The molecule has 2 heterocycles. The number of urea groups is 1. The number of sulfonamides is 1. The Morgan fingerprint density at radius 2 is 1.80 bits per heavy atom. The normalized spacial score (nSPS) is 18.5. The van der Waals surface area contributed by atoms with E-state index in [2.05, 4.69) is 10.6 Å².